The van der Waals surface area contributed by atoms with Gasteiger partial charge in [-0.2, -0.15) is 0 Å². The van der Waals surface area contributed by atoms with Crippen LogP contribution < -0.4 is 5.32 Å². The highest BCUT2D eigenvalue weighted by molar-refractivity contribution is 5.86. The van der Waals surface area contributed by atoms with Crippen molar-refractivity contribution in [1.29, 1.82) is 0 Å². The Hall–Kier alpha value is -2.21. The lowest BCUT2D eigenvalue weighted by Crippen LogP contribution is -2.14. The summed E-state index contributed by atoms with van der Waals surface area (Å²) < 4.78 is 0. The van der Waals surface area contributed by atoms with E-state index in [9.17, 15) is 14.9 Å². The number of rotatable bonds is 7. The number of carbonyl (C=O) groups is 1. The first-order valence-electron chi connectivity index (χ1n) is 5.91. The SMILES string of the molecule is CC/C(=C/CNCc1ccc([N+](=O)[O-])cc1)C(=O)O. The van der Waals surface area contributed by atoms with E-state index in [2.05, 4.69) is 5.32 Å². The van der Waals surface area contributed by atoms with Crippen molar-refractivity contribution in [2.24, 2.45) is 0 Å². The predicted molar refractivity (Wildman–Crippen MR) is 70.8 cm³/mol. The fraction of sp³-hybridized carbons (Fsp3) is 0.308. The predicted octanol–water partition coefficient (Wildman–Crippen LogP) is 2.11. The Kier molecular flexibility index (Phi) is 5.69. The number of non-ortho nitro benzene ring substituents is 1. The lowest BCUT2D eigenvalue weighted by Gasteiger charge is -2.03. The summed E-state index contributed by atoms with van der Waals surface area (Å²) in [7, 11) is 0. The van der Waals surface area contributed by atoms with Gasteiger partial charge < -0.3 is 10.4 Å². The molecule has 0 atom stereocenters. The van der Waals surface area contributed by atoms with E-state index in [1.165, 1.54) is 12.1 Å². The number of nitrogens with zero attached hydrogens (tertiary/aromatic N) is 1. The molecule has 0 aromatic heterocycles. The van der Waals surface area contributed by atoms with E-state index in [0.717, 1.165) is 5.56 Å². The summed E-state index contributed by atoms with van der Waals surface area (Å²) in [6, 6.07) is 6.24. The summed E-state index contributed by atoms with van der Waals surface area (Å²) in [5.41, 5.74) is 1.34. The standard InChI is InChI=1S/C13H16N2O4/c1-2-11(13(16)17)7-8-14-9-10-3-5-12(6-4-10)15(18)19/h3-7,14H,2,8-9H2,1H3,(H,16,17)/b11-7-. The van der Waals surface area contributed by atoms with Gasteiger partial charge in [-0.15, -0.1) is 0 Å². The molecule has 1 rings (SSSR count). The second-order valence-corrected chi connectivity index (χ2v) is 3.94. The summed E-state index contributed by atoms with van der Waals surface area (Å²) in [4.78, 5) is 20.8. The number of hydrogen-bond donors (Lipinski definition) is 2. The minimum atomic E-state index is -0.903. The molecule has 1 aromatic carbocycles. The highest BCUT2D eigenvalue weighted by atomic mass is 16.6. The van der Waals surface area contributed by atoms with Gasteiger partial charge in [-0.1, -0.05) is 25.1 Å². The summed E-state index contributed by atoms with van der Waals surface area (Å²) in [5, 5.41) is 22.3. The lowest BCUT2D eigenvalue weighted by molar-refractivity contribution is -0.384. The van der Waals surface area contributed by atoms with Crippen LogP contribution in [0.5, 0.6) is 0 Å². The highest BCUT2D eigenvalue weighted by Gasteiger charge is 2.04. The number of nitro benzene ring substituents is 1. The van der Waals surface area contributed by atoms with Gasteiger partial charge in [-0.05, 0) is 12.0 Å². The Morgan fingerprint density at radius 2 is 2.05 bits per heavy atom. The molecule has 6 heteroatoms. The summed E-state index contributed by atoms with van der Waals surface area (Å²) in [6.07, 6.45) is 2.11. The Morgan fingerprint density at radius 3 is 2.53 bits per heavy atom. The van der Waals surface area contributed by atoms with Crippen LogP contribution in [-0.2, 0) is 11.3 Å². The maximum absolute atomic E-state index is 10.7. The van der Waals surface area contributed by atoms with Crippen LogP contribution in [0.4, 0.5) is 5.69 Å². The molecule has 0 saturated heterocycles. The van der Waals surface area contributed by atoms with E-state index in [-0.39, 0.29) is 5.69 Å². The Bertz CT molecular complexity index is 480. The van der Waals surface area contributed by atoms with Gasteiger partial charge >= 0.3 is 5.97 Å². The van der Waals surface area contributed by atoms with Gasteiger partial charge in [0.25, 0.3) is 5.69 Å². The number of nitrogens with one attached hydrogen (secondary N) is 1. The number of benzene rings is 1. The molecule has 0 bridgehead atoms. The smallest absolute Gasteiger partial charge is 0.331 e. The second-order valence-electron chi connectivity index (χ2n) is 3.94. The van der Waals surface area contributed by atoms with Crippen LogP contribution in [0.3, 0.4) is 0 Å². The quantitative estimate of drug-likeness (QED) is 0.340. The van der Waals surface area contributed by atoms with Crippen molar-refractivity contribution in [3.63, 3.8) is 0 Å². The van der Waals surface area contributed by atoms with Gasteiger partial charge in [0.1, 0.15) is 0 Å². The van der Waals surface area contributed by atoms with E-state index in [1.54, 1.807) is 25.1 Å². The third-order valence-electron chi connectivity index (χ3n) is 2.62. The van der Waals surface area contributed by atoms with Crippen molar-refractivity contribution < 1.29 is 14.8 Å². The van der Waals surface area contributed by atoms with Crippen LogP contribution >= 0.6 is 0 Å². The summed E-state index contributed by atoms with van der Waals surface area (Å²) in [6.45, 7) is 2.77. The van der Waals surface area contributed by atoms with Gasteiger partial charge in [0.2, 0.25) is 0 Å². The van der Waals surface area contributed by atoms with Crippen molar-refractivity contribution in [2.75, 3.05) is 6.54 Å². The Balaban J connectivity index is 2.45. The largest absolute Gasteiger partial charge is 0.478 e. The molecule has 0 aliphatic rings. The number of carboxylic acids is 1. The topological polar surface area (TPSA) is 92.5 Å². The first-order valence-corrected chi connectivity index (χ1v) is 5.91. The highest BCUT2D eigenvalue weighted by Crippen LogP contribution is 2.11. The molecule has 0 heterocycles. The van der Waals surface area contributed by atoms with E-state index in [1.807, 2.05) is 0 Å². The lowest BCUT2D eigenvalue weighted by atomic mass is 10.2. The van der Waals surface area contributed by atoms with Crippen LogP contribution in [0.1, 0.15) is 18.9 Å². The maximum atomic E-state index is 10.7. The minimum absolute atomic E-state index is 0.0581. The molecular weight excluding hydrogens is 248 g/mol. The Labute approximate surface area is 110 Å². The average Bonchev–Trinajstić information content (AvgIpc) is 2.38. The number of hydrogen-bond acceptors (Lipinski definition) is 4. The van der Waals surface area contributed by atoms with Gasteiger partial charge in [-0.3, -0.25) is 10.1 Å². The zero-order chi connectivity index (χ0) is 14.3. The van der Waals surface area contributed by atoms with Crippen molar-refractivity contribution in [2.45, 2.75) is 19.9 Å². The van der Waals surface area contributed by atoms with Crippen molar-refractivity contribution in [3.8, 4) is 0 Å². The Morgan fingerprint density at radius 1 is 1.42 bits per heavy atom. The monoisotopic (exact) mass is 264 g/mol. The van der Waals surface area contributed by atoms with Crippen LogP contribution in [0.25, 0.3) is 0 Å². The first kappa shape index (κ1) is 14.8. The van der Waals surface area contributed by atoms with Crippen molar-refractivity contribution in [1.82, 2.24) is 5.32 Å². The zero-order valence-electron chi connectivity index (χ0n) is 10.6. The van der Waals surface area contributed by atoms with Gasteiger partial charge in [0.15, 0.2) is 0 Å². The molecular formula is C13H16N2O4. The molecule has 0 unspecified atom stereocenters. The molecule has 0 radical (unpaired) electrons. The molecule has 0 aliphatic carbocycles. The van der Waals surface area contributed by atoms with Crippen LogP contribution in [0, 0.1) is 10.1 Å². The normalized spacial score (nSPS) is 11.3. The first-order chi connectivity index (χ1) is 9.04. The molecule has 1 aromatic rings. The van der Waals surface area contributed by atoms with Gasteiger partial charge in [0.05, 0.1) is 4.92 Å². The third-order valence-corrected chi connectivity index (χ3v) is 2.62. The van der Waals surface area contributed by atoms with E-state index in [4.69, 9.17) is 5.11 Å². The molecule has 0 amide bonds. The van der Waals surface area contributed by atoms with Crippen molar-refractivity contribution >= 4 is 11.7 Å². The third kappa shape index (κ3) is 4.89. The molecule has 0 saturated carbocycles. The number of aliphatic carboxylic acids is 1. The summed E-state index contributed by atoms with van der Waals surface area (Å²) in [5.74, 6) is -0.903. The van der Waals surface area contributed by atoms with Crippen LogP contribution in [-0.4, -0.2) is 22.5 Å². The van der Waals surface area contributed by atoms with E-state index < -0.39 is 10.9 Å². The molecule has 0 aliphatic heterocycles. The summed E-state index contributed by atoms with van der Waals surface area (Å²) >= 11 is 0. The van der Waals surface area contributed by atoms with E-state index >= 15 is 0 Å². The van der Waals surface area contributed by atoms with Crippen molar-refractivity contribution in [3.05, 3.63) is 51.6 Å². The molecule has 2 N–H and O–H groups in total. The fourth-order valence-corrected chi connectivity index (χ4v) is 1.53. The van der Waals surface area contributed by atoms with Gasteiger partial charge in [-0.25, -0.2) is 4.79 Å². The fourth-order valence-electron chi connectivity index (χ4n) is 1.53. The van der Waals surface area contributed by atoms with Crippen LogP contribution in [0.15, 0.2) is 35.9 Å². The van der Waals surface area contributed by atoms with Crippen LogP contribution in [0.2, 0.25) is 0 Å². The molecule has 0 spiro atoms. The molecule has 6 nitrogen and oxygen atoms in total. The minimum Gasteiger partial charge on any atom is -0.478 e. The molecule has 102 valence electrons. The average molecular weight is 264 g/mol. The van der Waals surface area contributed by atoms with E-state index in [0.29, 0.717) is 25.1 Å². The zero-order valence-corrected chi connectivity index (χ0v) is 10.6. The van der Waals surface area contributed by atoms with Gasteiger partial charge in [0, 0.05) is 30.8 Å². The number of carboxylic acid groups (broad SMARTS) is 1. The molecule has 19 heavy (non-hydrogen) atoms. The maximum Gasteiger partial charge on any atom is 0.331 e. The second kappa shape index (κ2) is 7.27. The molecule has 0 fully saturated rings. The number of nitro groups is 1.